The van der Waals surface area contributed by atoms with E-state index in [-0.39, 0.29) is 11.9 Å². The fourth-order valence-corrected chi connectivity index (χ4v) is 4.50. The molecule has 4 heteroatoms. The molecule has 4 rings (SSSR count). The molecule has 0 aliphatic heterocycles. The Balaban J connectivity index is 1.63. The van der Waals surface area contributed by atoms with Crippen LogP contribution in [0.25, 0.3) is 11.0 Å². The third kappa shape index (κ3) is 4.36. The smallest absolute Gasteiger partial charge is 0.243 e. The summed E-state index contributed by atoms with van der Waals surface area (Å²) in [6.45, 7) is 5.18. The normalized spacial score (nSPS) is 15.1. The largest absolute Gasteiger partial charge is 0.334 e. The number of aromatic nitrogens is 2. The van der Waals surface area contributed by atoms with Crippen molar-refractivity contribution in [3.05, 3.63) is 66.0 Å². The minimum Gasteiger partial charge on any atom is -0.334 e. The number of para-hydroxylation sites is 2. The van der Waals surface area contributed by atoms with E-state index in [1.807, 2.05) is 35.2 Å². The quantitative estimate of drug-likeness (QED) is 0.557. The molecule has 1 heterocycles. The maximum Gasteiger partial charge on any atom is 0.243 e. The molecule has 0 unspecified atom stereocenters. The minimum absolute atomic E-state index is 0.149. The van der Waals surface area contributed by atoms with Gasteiger partial charge in [-0.25, -0.2) is 4.98 Å². The highest BCUT2D eigenvalue weighted by Gasteiger charge is 2.25. The van der Waals surface area contributed by atoms with E-state index in [9.17, 15) is 4.79 Å². The van der Waals surface area contributed by atoms with Crippen molar-refractivity contribution in [1.82, 2.24) is 14.5 Å². The van der Waals surface area contributed by atoms with Gasteiger partial charge in [0.2, 0.25) is 5.91 Å². The van der Waals surface area contributed by atoms with Crippen LogP contribution in [-0.4, -0.2) is 26.4 Å². The average Bonchev–Trinajstić information content (AvgIpc) is 3.11. The summed E-state index contributed by atoms with van der Waals surface area (Å²) in [6.07, 6.45) is 6.18. The molecule has 0 bridgehead atoms. The van der Waals surface area contributed by atoms with Gasteiger partial charge >= 0.3 is 0 Å². The van der Waals surface area contributed by atoms with Crippen LogP contribution < -0.4 is 0 Å². The minimum atomic E-state index is 0.149. The Morgan fingerprint density at radius 2 is 1.72 bits per heavy atom. The van der Waals surface area contributed by atoms with Crippen molar-refractivity contribution >= 4 is 16.9 Å². The number of carbonyl (C=O) groups is 1. The maximum atomic E-state index is 13.4. The first-order valence-electron chi connectivity index (χ1n) is 10.9. The number of hydrogen-bond donors (Lipinski definition) is 0. The molecule has 2 aromatic carbocycles. The van der Waals surface area contributed by atoms with Crippen LogP contribution in [0, 0.1) is 0 Å². The topological polar surface area (TPSA) is 38.1 Å². The number of amides is 1. The van der Waals surface area contributed by atoms with Gasteiger partial charge in [-0.3, -0.25) is 4.79 Å². The number of carbonyl (C=O) groups excluding carboxylic acids is 1. The van der Waals surface area contributed by atoms with Gasteiger partial charge in [-0.05, 0) is 44.4 Å². The highest BCUT2D eigenvalue weighted by molar-refractivity contribution is 5.81. The van der Waals surface area contributed by atoms with Crippen molar-refractivity contribution in [1.29, 1.82) is 0 Å². The van der Waals surface area contributed by atoms with E-state index < -0.39 is 0 Å². The van der Waals surface area contributed by atoms with Crippen molar-refractivity contribution in [2.75, 3.05) is 0 Å². The van der Waals surface area contributed by atoms with Gasteiger partial charge in [0, 0.05) is 18.5 Å². The Morgan fingerprint density at radius 3 is 2.45 bits per heavy atom. The summed E-state index contributed by atoms with van der Waals surface area (Å²) >= 11 is 0. The number of rotatable bonds is 6. The zero-order valence-corrected chi connectivity index (χ0v) is 17.6. The Kier molecular flexibility index (Phi) is 5.98. The van der Waals surface area contributed by atoms with Crippen molar-refractivity contribution in [3.8, 4) is 0 Å². The highest BCUT2D eigenvalue weighted by atomic mass is 16.2. The summed E-state index contributed by atoms with van der Waals surface area (Å²) in [5, 5.41) is 0. The zero-order chi connectivity index (χ0) is 20.2. The van der Waals surface area contributed by atoms with Gasteiger partial charge in [0.25, 0.3) is 0 Å². The molecule has 1 aliphatic carbocycles. The summed E-state index contributed by atoms with van der Waals surface area (Å²) < 4.78 is 2.19. The van der Waals surface area contributed by atoms with Crippen LogP contribution >= 0.6 is 0 Å². The second-order valence-electron chi connectivity index (χ2n) is 8.48. The second-order valence-corrected chi connectivity index (χ2v) is 8.48. The molecule has 0 radical (unpaired) electrons. The van der Waals surface area contributed by atoms with Crippen molar-refractivity contribution in [2.24, 2.45) is 0 Å². The van der Waals surface area contributed by atoms with Gasteiger partial charge in [0.15, 0.2) is 0 Å². The zero-order valence-electron chi connectivity index (χ0n) is 17.6. The standard InChI is InChI=1S/C25H31N3O/c1-19(2)27(17-20-11-5-3-6-12-20)24(29)18-28-23-16-10-9-15-22(23)26-25(28)21-13-7-4-8-14-21/h3,5-6,9-12,15-16,19,21H,4,7-8,13-14,17-18H2,1-2H3. The van der Waals surface area contributed by atoms with Crippen LogP contribution in [0.4, 0.5) is 0 Å². The Bertz CT molecular complexity index is 955. The molecule has 1 fully saturated rings. The number of fused-ring (bicyclic) bond motifs is 1. The first-order valence-corrected chi connectivity index (χ1v) is 10.9. The van der Waals surface area contributed by atoms with Crippen molar-refractivity contribution in [3.63, 3.8) is 0 Å². The molecule has 1 aromatic heterocycles. The van der Waals surface area contributed by atoms with Crippen LogP contribution in [-0.2, 0) is 17.9 Å². The number of benzene rings is 2. The first-order chi connectivity index (χ1) is 14.1. The van der Waals surface area contributed by atoms with Crippen molar-refractivity contribution < 1.29 is 4.79 Å². The molecule has 0 spiro atoms. The summed E-state index contributed by atoms with van der Waals surface area (Å²) in [5.74, 6) is 1.72. The lowest BCUT2D eigenvalue weighted by Crippen LogP contribution is -2.39. The molecule has 4 nitrogen and oxygen atoms in total. The molecular formula is C25H31N3O. The van der Waals surface area contributed by atoms with Crippen molar-refractivity contribution in [2.45, 2.75) is 71.0 Å². The Labute approximate surface area is 173 Å². The summed E-state index contributed by atoms with van der Waals surface area (Å²) in [5.41, 5.74) is 3.24. The van der Waals surface area contributed by atoms with E-state index >= 15 is 0 Å². The van der Waals surface area contributed by atoms with Crippen LogP contribution in [0.15, 0.2) is 54.6 Å². The van der Waals surface area contributed by atoms with Crippen LogP contribution in [0.1, 0.15) is 63.3 Å². The molecule has 0 N–H and O–H groups in total. The molecule has 1 amide bonds. The van der Waals surface area contributed by atoms with E-state index in [4.69, 9.17) is 4.98 Å². The Hall–Kier alpha value is -2.62. The SMILES string of the molecule is CC(C)N(Cc1ccccc1)C(=O)Cn1c(C2CCCCC2)nc2ccccc21. The van der Waals surface area contributed by atoms with E-state index in [1.54, 1.807) is 0 Å². The van der Waals surface area contributed by atoms with E-state index in [0.29, 0.717) is 19.0 Å². The molecule has 3 aromatic rings. The Morgan fingerprint density at radius 1 is 1.03 bits per heavy atom. The lowest BCUT2D eigenvalue weighted by Gasteiger charge is -2.28. The van der Waals surface area contributed by atoms with E-state index in [0.717, 1.165) is 22.4 Å². The molecule has 1 saturated carbocycles. The average molecular weight is 390 g/mol. The monoisotopic (exact) mass is 389 g/mol. The molecule has 29 heavy (non-hydrogen) atoms. The number of hydrogen-bond acceptors (Lipinski definition) is 2. The molecule has 0 atom stereocenters. The van der Waals surface area contributed by atoms with Gasteiger partial charge in [-0.2, -0.15) is 0 Å². The lowest BCUT2D eigenvalue weighted by atomic mass is 9.88. The highest BCUT2D eigenvalue weighted by Crippen LogP contribution is 2.34. The lowest BCUT2D eigenvalue weighted by molar-refractivity contribution is -0.134. The van der Waals surface area contributed by atoms with Gasteiger partial charge in [0.1, 0.15) is 12.4 Å². The van der Waals surface area contributed by atoms with Gasteiger partial charge < -0.3 is 9.47 Å². The predicted molar refractivity (Wildman–Crippen MR) is 118 cm³/mol. The molecular weight excluding hydrogens is 358 g/mol. The summed E-state index contributed by atoms with van der Waals surface area (Å²) in [7, 11) is 0. The maximum absolute atomic E-state index is 13.4. The fourth-order valence-electron chi connectivity index (χ4n) is 4.50. The van der Waals surface area contributed by atoms with Gasteiger partial charge in [0.05, 0.1) is 11.0 Å². The molecule has 152 valence electrons. The molecule has 0 saturated heterocycles. The van der Waals surface area contributed by atoms with E-state index in [1.165, 1.54) is 32.1 Å². The molecule has 1 aliphatic rings. The third-order valence-electron chi connectivity index (χ3n) is 6.09. The summed E-state index contributed by atoms with van der Waals surface area (Å²) in [6, 6.07) is 18.6. The predicted octanol–water partition coefficient (Wildman–Crippen LogP) is 5.52. The van der Waals surface area contributed by atoms with Crippen LogP contribution in [0.5, 0.6) is 0 Å². The number of nitrogens with zero attached hydrogens (tertiary/aromatic N) is 3. The second kappa shape index (κ2) is 8.81. The van der Waals surface area contributed by atoms with Crippen LogP contribution in [0.2, 0.25) is 0 Å². The van der Waals surface area contributed by atoms with E-state index in [2.05, 4.69) is 42.7 Å². The fraction of sp³-hybridized carbons (Fsp3) is 0.440. The number of imidazole rings is 1. The third-order valence-corrected chi connectivity index (χ3v) is 6.09. The van der Waals surface area contributed by atoms with Gasteiger partial charge in [-0.15, -0.1) is 0 Å². The summed E-state index contributed by atoms with van der Waals surface area (Å²) in [4.78, 5) is 20.4. The van der Waals surface area contributed by atoms with Gasteiger partial charge in [-0.1, -0.05) is 61.7 Å². The van der Waals surface area contributed by atoms with Crippen LogP contribution in [0.3, 0.4) is 0 Å². The first kappa shape index (κ1) is 19.7.